The van der Waals surface area contributed by atoms with Crippen molar-refractivity contribution >= 4 is 29.3 Å². The molecule has 2 atom stereocenters. The predicted molar refractivity (Wildman–Crippen MR) is 85.5 cm³/mol. The number of nitrogens with zero attached hydrogens (tertiary/aromatic N) is 1. The van der Waals surface area contributed by atoms with E-state index in [9.17, 15) is 9.59 Å². The highest BCUT2D eigenvalue weighted by molar-refractivity contribution is 6.36. The highest BCUT2D eigenvalue weighted by Gasteiger charge is 2.55. The average molecular weight is 334 g/mol. The first-order chi connectivity index (χ1) is 11.0. The summed E-state index contributed by atoms with van der Waals surface area (Å²) in [5.41, 5.74) is 0.967. The lowest BCUT2D eigenvalue weighted by Crippen LogP contribution is -2.19. The Kier molecular flexibility index (Phi) is 3.85. The van der Waals surface area contributed by atoms with E-state index in [-0.39, 0.29) is 33.8 Å². The van der Waals surface area contributed by atoms with Crippen LogP contribution in [0.5, 0.6) is 0 Å². The molecule has 0 bridgehead atoms. The van der Waals surface area contributed by atoms with Crippen molar-refractivity contribution < 1.29 is 14.3 Å². The summed E-state index contributed by atoms with van der Waals surface area (Å²) >= 11 is 6.05. The molecule has 1 heterocycles. The number of nitrogens with one attached hydrogen (secondary N) is 2. The van der Waals surface area contributed by atoms with Crippen LogP contribution >= 0.6 is 11.6 Å². The van der Waals surface area contributed by atoms with Crippen LogP contribution in [0.2, 0.25) is 5.02 Å². The van der Waals surface area contributed by atoms with Gasteiger partial charge in [-0.15, -0.1) is 0 Å². The molecule has 1 aromatic carbocycles. The van der Waals surface area contributed by atoms with Crippen molar-refractivity contribution in [2.24, 2.45) is 5.92 Å². The molecule has 0 radical (unpaired) electrons. The number of hydrogen-bond acceptors (Lipinski definition) is 4. The molecule has 3 rings (SSSR count). The van der Waals surface area contributed by atoms with Crippen molar-refractivity contribution in [3.8, 4) is 0 Å². The summed E-state index contributed by atoms with van der Waals surface area (Å²) in [5.74, 6) is -0.816. The minimum atomic E-state index is -0.636. The third-order valence-electron chi connectivity index (χ3n) is 4.32. The van der Waals surface area contributed by atoms with Gasteiger partial charge in [0.1, 0.15) is 5.02 Å². The van der Waals surface area contributed by atoms with Gasteiger partial charge in [0, 0.05) is 11.3 Å². The summed E-state index contributed by atoms with van der Waals surface area (Å²) in [5, 5.41) is 9.06. The fraction of sp³-hybridized carbons (Fsp3) is 0.312. The number of ether oxygens (including phenoxy) is 1. The number of benzene rings is 1. The summed E-state index contributed by atoms with van der Waals surface area (Å²) in [4.78, 5) is 23.9. The van der Waals surface area contributed by atoms with Crippen LogP contribution in [0.15, 0.2) is 30.3 Å². The van der Waals surface area contributed by atoms with Gasteiger partial charge < -0.3 is 10.1 Å². The largest absolute Gasteiger partial charge is 0.464 e. The summed E-state index contributed by atoms with van der Waals surface area (Å²) in [6.45, 7) is 2.05. The summed E-state index contributed by atoms with van der Waals surface area (Å²) in [7, 11) is 1.24. The van der Waals surface area contributed by atoms with Gasteiger partial charge in [-0.1, -0.05) is 48.9 Å². The Morgan fingerprint density at radius 3 is 2.74 bits per heavy atom. The van der Waals surface area contributed by atoms with Crippen LogP contribution in [0.1, 0.15) is 29.4 Å². The first kappa shape index (κ1) is 15.6. The molecule has 2 aromatic rings. The fourth-order valence-corrected chi connectivity index (χ4v) is 2.95. The molecule has 2 N–H and O–H groups in total. The average Bonchev–Trinajstić information content (AvgIpc) is 3.15. The van der Waals surface area contributed by atoms with Crippen LogP contribution in [-0.4, -0.2) is 29.2 Å². The van der Waals surface area contributed by atoms with Crippen LogP contribution in [0.3, 0.4) is 0 Å². The molecule has 1 saturated carbocycles. The Morgan fingerprint density at radius 1 is 1.39 bits per heavy atom. The molecule has 0 aliphatic heterocycles. The van der Waals surface area contributed by atoms with Crippen molar-refractivity contribution in [1.82, 2.24) is 10.2 Å². The number of H-pyrrole nitrogens is 1. The normalized spacial score (nSPS) is 22.5. The minimum Gasteiger partial charge on any atom is -0.464 e. The molecule has 0 unspecified atom stereocenters. The number of halogens is 1. The molecule has 0 spiro atoms. The van der Waals surface area contributed by atoms with Gasteiger partial charge in [0.15, 0.2) is 11.5 Å². The maximum Gasteiger partial charge on any atom is 0.357 e. The highest BCUT2D eigenvalue weighted by atomic mass is 35.5. The summed E-state index contributed by atoms with van der Waals surface area (Å²) in [6.07, 6.45) is 0.759. The van der Waals surface area contributed by atoms with Crippen molar-refractivity contribution in [2.45, 2.75) is 18.8 Å². The molecule has 1 amide bonds. The molecule has 23 heavy (non-hydrogen) atoms. The lowest BCUT2D eigenvalue weighted by atomic mass is 9.95. The number of aromatic nitrogens is 2. The van der Waals surface area contributed by atoms with E-state index >= 15 is 0 Å². The first-order valence-corrected chi connectivity index (χ1v) is 7.53. The zero-order valence-corrected chi connectivity index (χ0v) is 13.5. The number of aromatic amines is 1. The number of esters is 1. The Morgan fingerprint density at radius 2 is 2.09 bits per heavy atom. The molecule has 1 aromatic heterocycles. The zero-order valence-electron chi connectivity index (χ0n) is 12.7. The number of rotatable bonds is 4. The molecule has 0 saturated heterocycles. The van der Waals surface area contributed by atoms with E-state index < -0.39 is 5.97 Å². The summed E-state index contributed by atoms with van der Waals surface area (Å²) in [6, 6.07) is 9.90. The van der Waals surface area contributed by atoms with Gasteiger partial charge in [-0.25, -0.2) is 4.79 Å². The van der Waals surface area contributed by atoms with E-state index in [2.05, 4.69) is 27.2 Å². The maximum absolute atomic E-state index is 12.4. The Hall–Kier alpha value is -2.34. The monoisotopic (exact) mass is 333 g/mol. The second-order valence-electron chi connectivity index (χ2n) is 5.78. The van der Waals surface area contributed by atoms with E-state index in [4.69, 9.17) is 11.6 Å². The molecular formula is C16H16ClN3O3. The van der Waals surface area contributed by atoms with Gasteiger partial charge in [-0.05, 0) is 12.0 Å². The van der Waals surface area contributed by atoms with Crippen LogP contribution < -0.4 is 5.32 Å². The quantitative estimate of drug-likeness (QED) is 0.843. The number of anilines is 1. The number of carbonyl (C=O) groups excluding carboxylic acids is 2. The van der Waals surface area contributed by atoms with Gasteiger partial charge in [0.2, 0.25) is 5.91 Å². The van der Waals surface area contributed by atoms with Gasteiger partial charge in [-0.3, -0.25) is 9.89 Å². The lowest BCUT2D eigenvalue weighted by molar-refractivity contribution is -0.117. The third-order valence-corrected chi connectivity index (χ3v) is 4.69. The van der Waals surface area contributed by atoms with Crippen molar-refractivity contribution in [3.63, 3.8) is 0 Å². The van der Waals surface area contributed by atoms with Crippen LogP contribution in [-0.2, 0) is 14.9 Å². The molecule has 1 aliphatic carbocycles. The van der Waals surface area contributed by atoms with Gasteiger partial charge in [-0.2, -0.15) is 5.10 Å². The van der Waals surface area contributed by atoms with Crippen molar-refractivity contribution in [2.75, 3.05) is 12.4 Å². The number of amides is 1. The fourth-order valence-electron chi connectivity index (χ4n) is 2.74. The predicted octanol–water partition coefficient (Wildman–Crippen LogP) is 2.77. The van der Waals surface area contributed by atoms with Crippen LogP contribution in [0, 0.1) is 5.92 Å². The van der Waals surface area contributed by atoms with Gasteiger partial charge in [0.25, 0.3) is 0 Å². The molecule has 6 nitrogen and oxygen atoms in total. The SMILES string of the molecule is COC(=O)c1[nH]nc(NC(=O)[C@@H]2C[C@]2(C)c2ccccc2)c1Cl. The van der Waals surface area contributed by atoms with Gasteiger partial charge in [0.05, 0.1) is 7.11 Å². The molecule has 1 fully saturated rings. The number of hydrogen-bond donors (Lipinski definition) is 2. The molecule has 120 valence electrons. The van der Waals surface area contributed by atoms with E-state index in [1.807, 2.05) is 30.3 Å². The molecule has 7 heteroatoms. The summed E-state index contributed by atoms with van der Waals surface area (Å²) < 4.78 is 4.58. The Labute approximate surface area is 138 Å². The van der Waals surface area contributed by atoms with E-state index in [0.29, 0.717) is 0 Å². The van der Waals surface area contributed by atoms with Crippen molar-refractivity contribution in [3.05, 3.63) is 46.6 Å². The first-order valence-electron chi connectivity index (χ1n) is 7.16. The topological polar surface area (TPSA) is 84.1 Å². The van der Waals surface area contributed by atoms with Crippen LogP contribution in [0.25, 0.3) is 0 Å². The highest BCUT2D eigenvalue weighted by Crippen LogP contribution is 2.54. The molecule has 1 aliphatic rings. The lowest BCUT2D eigenvalue weighted by Gasteiger charge is -2.11. The van der Waals surface area contributed by atoms with E-state index in [0.717, 1.165) is 12.0 Å². The zero-order chi connectivity index (χ0) is 16.6. The van der Waals surface area contributed by atoms with Crippen LogP contribution in [0.4, 0.5) is 5.82 Å². The smallest absolute Gasteiger partial charge is 0.357 e. The molecular weight excluding hydrogens is 318 g/mol. The second kappa shape index (κ2) is 5.70. The van der Waals surface area contributed by atoms with E-state index in [1.54, 1.807) is 0 Å². The third kappa shape index (κ3) is 2.70. The Bertz CT molecular complexity index is 759. The minimum absolute atomic E-state index is 0.0195. The van der Waals surface area contributed by atoms with E-state index in [1.165, 1.54) is 7.11 Å². The standard InChI is InChI=1S/C16H16ClN3O3/c1-16(9-6-4-3-5-7-9)8-10(16)14(21)18-13-11(17)12(19-20-13)15(22)23-2/h3-7,10H,8H2,1-2H3,(H2,18,19,20,21)/t10-,16+/m0/s1. The number of methoxy groups -OCH3 is 1. The van der Waals surface area contributed by atoms with Gasteiger partial charge >= 0.3 is 5.97 Å². The maximum atomic E-state index is 12.4. The Balaban J connectivity index is 1.72. The number of carbonyl (C=O) groups is 2. The second-order valence-corrected chi connectivity index (χ2v) is 6.16. The van der Waals surface area contributed by atoms with Crippen molar-refractivity contribution in [1.29, 1.82) is 0 Å².